The Bertz CT molecular complexity index is 333. The number of likely N-dealkylation sites (N-methyl/N-ethyl adjacent to an activating group) is 1. The molecule has 1 heterocycles. The lowest BCUT2D eigenvalue weighted by atomic mass is 9.97. The molecule has 2 heteroatoms. The normalized spacial score (nSPS) is 19.8. The molecule has 1 aliphatic rings. The van der Waals surface area contributed by atoms with Crippen LogP contribution in [-0.4, -0.2) is 26.2 Å². The van der Waals surface area contributed by atoms with Crippen molar-refractivity contribution < 1.29 is 9.64 Å². The van der Waals surface area contributed by atoms with Crippen LogP contribution in [0, 0.1) is 0 Å². The zero-order valence-corrected chi connectivity index (χ0v) is 10.3. The first-order valence-electron chi connectivity index (χ1n) is 6.38. The summed E-state index contributed by atoms with van der Waals surface area (Å²) in [5.74, 6) is 0. The van der Waals surface area contributed by atoms with Crippen molar-refractivity contribution in [3.63, 3.8) is 0 Å². The summed E-state index contributed by atoms with van der Waals surface area (Å²) in [6.07, 6.45) is 1.38. The molecule has 0 aliphatic carbocycles. The third-order valence-corrected chi connectivity index (χ3v) is 3.57. The Morgan fingerprint density at radius 3 is 2.75 bits per heavy atom. The van der Waals surface area contributed by atoms with Crippen LogP contribution in [0.5, 0.6) is 0 Å². The molecule has 1 aromatic carbocycles. The van der Waals surface area contributed by atoms with Crippen LogP contribution >= 0.6 is 0 Å². The Morgan fingerprint density at radius 2 is 2.00 bits per heavy atom. The molecular weight excluding hydrogens is 198 g/mol. The fourth-order valence-electron chi connectivity index (χ4n) is 2.45. The first kappa shape index (κ1) is 11.6. The van der Waals surface area contributed by atoms with Crippen LogP contribution in [0.1, 0.15) is 31.1 Å². The van der Waals surface area contributed by atoms with Crippen LogP contribution in [0.25, 0.3) is 0 Å². The summed E-state index contributed by atoms with van der Waals surface area (Å²) in [4.78, 5) is 1.61. The predicted octanol–water partition coefficient (Wildman–Crippen LogP) is 1.23. The van der Waals surface area contributed by atoms with Crippen LogP contribution < -0.4 is 4.90 Å². The lowest BCUT2D eigenvalue weighted by molar-refractivity contribution is -0.900. The van der Waals surface area contributed by atoms with Crippen LogP contribution in [0.15, 0.2) is 24.3 Å². The van der Waals surface area contributed by atoms with Gasteiger partial charge in [-0.25, -0.2) is 0 Å². The summed E-state index contributed by atoms with van der Waals surface area (Å²) in [5.41, 5.74) is 2.89. The average Bonchev–Trinajstić information content (AvgIpc) is 2.36. The molecule has 0 spiro atoms. The maximum Gasteiger partial charge on any atom is 0.132 e. The molecule has 2 rings (SSSR count). The summed E-state index contributed by atoms with van der Waals surface area (Å²) in [6.45, 7) is 8.82. The topological polar surface area (TPSA) is 13.7 Å². The van der Waals surface area contributed by atoms with Crippen molar-refractivity contribution in [1.29, 1.82) is 0 Å². The SMILES string of the molecule is CC[NH+](CC)C[C@H]1OCCc2ccccc21. The number of nitrogens with one attached hydrogen (secondary N) is 1. The molecule has 2 nitrogen and oxygen atoms in total. The maximum absolute atomic E-state index is 5.92. The summed E-state index contributed by atoms with van der Waals surface area (Å²) >= 11 is 0. The van der Waals surface area contributed by atoms with Gasteiger partial charge in [0.15, 0.2) is 0 Å². The van der Waals surface area contributed by atoms with E-state index in [0.29, 0.717) is 6.10 Å². The molecule has 0 bridgehead atoms. The number of ether oxygens (including phenoxy) is 1. The van der Waals surface area contributed by atoms with Crippen molar-refractivity contribution in [1.82, 2.24) is 0 Å². The highest BCUT2D eigenvalue weighted by Crippen LogP contribution is 2.25. The minimum atomic E-state index is 0.305. The van der Waals surface area contributed by atoms with Crippen molar-refractivity contribution in [3.8, 4) is 0 Å². The van der Waals surface area contributed by atoms with Gasteiger partial charge in [-0.3, -0.25) is 0 Å². The first-order chi connectivity index (χ1) is 7.85. The number of hydrogen-bond donors (Lipinski definition) is 1. The Morgan fingerprint density at radius 1 is 1.25 bits per heavy atom. The fourth-order valence-corrected chi connectivity index (χ4v) is 2.45. The minimum absolute atomic E-state index is 0.305. The zero-order valence-electron chi connectivity index (χ0n) is 10.3. The molecule has 1 aromatic rings. The van der Waals surface area contributed by atoms with Crippen molar-refractivity contribution in [2.24, 2.45) is 0 Å². The van der Waals surface area contributed by atoms with Gasteiger partial charge in [-0.2, -0.15) is 0 Å². The number of rotatable bonds is 4. The van der Waals surface area contributed by atoms with E-state index in [4.69, 9.17) is 4.74 Å². The molecule has 16 heavy (non-hydrogen) atoms. The van der Waals surface area contributed by atoms with Crippen molar-refractivity contribution in [2.45, 2.75) is 26.4 Å². The van der Waals surface area contributed by atoms with Gasteiger partial charge in [0, 0.05) is 0 Å². The molecule has 0 radical (unpaired) electrons. The van der Waals surface area contributed by atoms with Crippen LogP contribution in [0.4, 0.5) is 0 Å². The Labute approximate surface area is 98.2 Å². The van der Waals surface area contributed by atoms with Gasteiger partial charge in [-0.1, -0.05) is 24.3 Å². The smallest absolute Gasteiger partial charge is 0.132 e. The second kappa shape index (κ2) is 5.46. The molecule has 1 atom stereocenters. The molecule has 0 saturated carbocycles. The number of quaternary nitrogens is 1. The van der Waals surface area contributed by atoms with E-state index in [1.807, 2.05) is 0 Å². The van der Waals surface area contributed by atoms with Gasteiger partial charge in [-0.15, -0.1) is 0 Å². The van der Waals surface area contributed by atoms with E-state index < -0.39 is 0 Å². The highest BCUT2D eigenvalue weighted by Gasteiger charge is 2.23. The van der Waals surface area contributed by atoms with Crippen molar-refractivity contribution in [3.05, 3.63) is 35.4 Å². The minimum Gasteiger partial charge on any atom is -0.367 e. The van der Waals surface area contributed by atoms with Crippen molar-refractivity contribution in [2.75, 3.05) is 26.2 Å². The lowest BCUT2D eigenvalue weighted by Crippen LogP contribution is -3.12. The Balaban J connectivity index is 2.12. The number of benzene rings is 1. The molecule has 88 valence electrons. The van der Waals surface area contributed by atoms with E-state index in [-0.39, 0.29) is 0 Å². The summed E-state index contributed by atoms with van der Waals surface area (Å²) in [5, 5.41) is 0. The monoisotopic (exact) mass is 220 g/mol. The van der Waals surface area contributed by atoms with Gasteiger partial charge < -0.3 is 9.64 Å². The van der Waals surface area contributed by atoms with Gasteiger partial charge in [0.2, 0.25) is 0 Å². The fraction of sp³-hybridized carbons (Fsp3) is 0.571. The van der Waals surface area contributed by atoms with E-state index in [2.05, 4.69) is 38.1 Å². The van der Waals surface area contributed by atoms with Crippen LogP contribution in [0.2, 0.25) is 0 Å². The third-order valence-electron chi connectivity index (χ3n) is 3.57. The standard InChI is InChI=1S/C14H21NO/c1-3-15(4-2)11-14-13-8-6-5-7-12(13)9-10-16-14/h5-8,14H,3-4,9-11H2,1-2H3/p+1/t14-/m1/s1. The predicted molar refractivity (Wildman–Crippen MR) is 65.8 cm³/mol. The summed E-state index contributed by atoms with van der Waals surface area (Å²) in [7, 11) is 0. The number of fused-ring (bicyclic) bond motifs is 1. The summed E-state index contributed by atoms with van der Waals surface area (Å²) in [6, 6.07) is 8.72. The maximum atomic E-state index is 5.92. The van der Waals surface area contributed by atoms with E-state index in [1.165, 1.54) is 24.2 Å². The molecule has 0 amide bonds. The quantitative estimate of drug-likeness (QED) is 0.805. The van der Waals surface area contributed by atoms with Gasteiger partial charge in [0.25, 0.3) is 0 Å². The van der Waals surface area contributed by atoms with E-state index in [1.54, 1.807) is 4.90 Å². The second-order valence-corrected chi connectivity index (χ2v) is 4.47. The zero-order chi connectivity index (χ0) is 11.4. The molecule has 1 aliphatic heterocycles. The third kappa shape index (κ3) is 2.45. The Hall–Kier alpha value is -0.860. The average molecular weight is 220 g/mol. The van der Waals surface area contributed by atoms with Gasteiger partial charge in [0.1, 0.15) is 12.6 Å². The molecular formula is C14H22NO+. The largest absolute Gasteiger partial charge is 0.367 e. The molecule has 0 saturated heterocycles. The lowest BCUT2D eigenvalue weighted by Gasteiger charge is -2.28. The van der Waals surface area contributed by atoms with E-state index in [0.717, 1.165) is 19.6 Å². The van der Waals surface area contributed by atoms with Crippen LogP contribution in [0.3, 0.4) is 0 Å². The van der Waals surface area contributed by atoms with E-state index in [9.17, 15) is 0 Å². The number of hydrogen-bond acceptors (Lipinski definition) is 1. The van der Waals surface area contributed by atoms with Crippen molar-refractivity contribution >= 4 is 0 Å². The van der Waals surface area contributed by atoms with Gasteiger partial charge in [0.05, 0.1) is 19.7 Å². The molecule has 0 aromatic heterocycles. The van der Waals surface area contributed by atoms with Gasteiger partial charge in [-0.05, 0) is 31.4 Å². The molecule has 0 fully saturated rings. The summed E-state index contributed by atoms with van der Waals surface area (Å²) < 4.78 is 5.92. The van der Waals surface area contributed by atoms with Gasteiger partial charge >= 0.3 is 0 Å². The van der Waals surface area contributed by atoms with E-state index >= 15 is 0 Å². The first-order valence-corrected chi connectivity index (χ1v) is 6.38. The molecule has 0 unspecified atom stereocenters. The van der Waals surface area contributed by atoms with Crippen LogP contribution in [-0.2, 0) is 11.2 Å². The highest BCUT2D eigenvalue weighted by atomic mass is 16.5. The molecule has 1 N–H and O–H groups in total. The second-order valence-electron chi connectivity index (χ2n) is 4.47. The Kier molecular flexibility index (Phi) is 3.97. The highest BCUT2D eigenvalue weighted by molar-refractivity contribution is 5.30.